The molecule has 0 unspecified atom stereocenters. The second-order valence-corrected chi connectivity index (χ2v) is 1.50. The molecule has 0 atom stereocenters. The average Bonchev–Trinajstić information content (AvgIpc) is 1.70. The molecule has 0 aromatic heterocycles. The highest BCUT2D eigenvalue weighted by Crippen LogP contribution is 0.987. The minimum atomic E-state index is 0. The predicted octanol–water partition coefficient (Wildman–Crippen LogP) is -0.874. The van der Waals surface area contributed by atoms with Gasteiger partial charge in [0, 0.05) is 8.41 Å². The van der Waals surface area contributed by atoms with Crippen molar-refractivity contribution in [3.05, 3.63) is 0 Å². The molecule has 0 aliphatic heterocycles. The van der Waals surface area contributed by atoms with Crippen LogP contribution in [-0.2, 0) is 0 Å². The monoisotopic (exact) mass is 146 g/mol. The van der Waals surface area contributed by atoms with Crippen molar-refractivity contribution in [3.8, 4) is 0 Å². The molecule has 0 saturated carbocycles. The van der Waals surface area contributed by atoms with Crippen LogP contribution in [0.15, 0.2) is 0 Å². The van der Waals surface area contributed by atoms with Crippen molar-refractivity contribution in [1.82, 2.24) is 16.0 Å². The Balaban J connectivity index is -0.0000000257. The molecule has 3 N–H and O–H groups in total. The zero-order valence-electron chi connectivity index (χ0n) is 8.08. The van der Waals surface area contributed by atoms with Crippen molar-refractivity contribution >= 4 is 8.41 Å². The van der Waals surface area contributed by atoms with Gasteiger partial charge in [-0.2, -0.15) is 0 Å². The summed E-state index contributed by atoms with van der Waals surface area (Å²) in [5.74, 6) is 0. The van der Waals surface area contributed by atoms with E-state index in [-0.39, 0.29) is 8.41 Å². The Morgan fingerprint density at radius 3 is 0.500 bits per heavy atom. The lowest BCUT2D eigenvalue weighted by Crippen LogP contribution is -1.89. The van der Waals surface area contributed by atoms with Crippen molar-refractivity contribution in [3.63, 3.8) is 0 Å². The third-order valence-corrected chi connectivity index (χ3v) is 0. The Bertz CT molecular complexity index is 17.7. The van der Waals surface area contributed by atoms with Crippen LogP contribution in [0.1, 0.15) is 0 Å². The molecular weight excluding hydrogens is 125 g/mol. The third-order valence-electron chi connectivity index (χ3n) is 0. The normalized spacial score (nSPS) is 5.40. The van der Waals surface area contributed by atoms with Crippen LogP contribution in [-0.4, -0.2) is 50.7 Å². The number of hydrogen-bond donors (Lipinski definition) is 3. The fourth-order valence-corrected chi connectivity index (χ4v) is 0. The van der Waals surface area contributed by atoms with Crippen LogP contribution in [0, 0.1) is 0 Å². The zero-order chi connectivity index (χ0) is 8.12. The fraction of sp³-hybridized carbons (Fsp3) is 1.00. The van der Waals surface area contributed by atoms with E-state index < -0.39 is 0 Å². The zero-order valence-corrected chi connectivity index (χ0v) is 8.08. The second-order valence-electron chi connectivity index (χ2n) is 1.50. The standard InChI is InChI=1S/3C2H7N.B/c3*1-3-2;/h3*3H,1-2H3;. The van der Waals surface area contributed by atoms with E-state index in [2.05, 4.69) is 16.0 Å². The molecule has 0 aromatic carbocycles. The van der Waals surface area contributed by atoms with E-state index in [0.717, 1.165) is 0 Å². The van der Waals surface area contributed by atoms with E-state index in [9.17, 15) is 0 Å². The quantitative estimate of drug-likeness (QED) is 0.388. The summed E-state index contributed by atoms with van der Waals surface area (Å²) in [5.41, 5.74) is 0. The lowest BCUT2D eigenvalue weighted by molar-refractivity contribution is 1.02. The van der Waals surface area contributed by atoms with Crippen LogP contribution < -0.4 is 16.0 Å². The third kappa shape index (κ3) is 126000. The molecule has 3 radical (unpaired) electrons. The highest BCUT2D eigenvalue weighted by atomic mass is 14.7. The second kappa shape index (κ2) is 65.1. The first-order valence-corrected chi connectivity index (χ1v) is 3.00. The molecule has 0 rings (SSSR count). The molecule has 0 bridgehead atoms. The topological polar surface area (TPSA) is 36.1 Å². The maximum atomic E-state index is 2.75. The van der Waals surface area contributed by atoms with Gasteiger partial charge in [-0.15, -0.1) is 0 Å². The van der Waals surface area contributed by atoms with Crippen LogP contribution in [0.5, 0.6) is 0 Å². The van der Waals surface area contributed by atoms with E-state index >= 15 is 0 Å². The average molecular weight is 146 g/mol. The van der Waals surface area contributed by atoms with Gasteiger partial charge >= 0.3 is 0 Å². The number of nitrogens with one attached hydrogen (secondary N) is 3. The Labute approximate surface area is 67.5 Å². The molecule has 4 heteroatoms. The smallest absolute Gasteiger partial charge is 0 e. The van der Waals surface area contributed by atoms with Crippen LogP contribution >= 0.6 is 0 Å². The van der Waals surface area contributed by atoms with Gasteiger partial charge in [-0.1, -0.05) is 0 Å². The van der Waals surface area contributed by atoms with Gasteiger partial charge in [-0.05, 0) is 42.3 Å². The van der Waals surface area contributed by atoms with Crippen molar-refractivity contribution in [1.29, 1.82) is 0 Å². The first-order chi connectivity index (χ1) is 4.24. The summed E-state index contributed by atoms with van der Waals surface area (Å²) in [4.78, 5) is 0. The van der Waals surface area contributed by atoms with Crippen molar-refractivity contribution < 1.29 is 0 Å². The summed E-state index contributed by atoms with van der Waals surface area (Å²) < 4.78 is 0. The van der Waals surface area contributed by atoms with Gasteiger partial charge in [-0.3, -0.25) is 0 Å². The van der Waals surface area contributed by atoms with E-state index in [1.165, 1.54) is 0 Å². The Hall–Kier alpha value is -0.0551. The molecule has 3 nitrogen and oxygen atoms in total. The summed E-state index contributed by atoms with van der Waals surface area (Å²) in [6, 6.07) is 0. The maximum absolute atomic E-state index is 2.75. The predicted molar refractivity (Wildman–Crippen MR) is 50.7 cm³/mol. The minimum Gasteiger partial charge on any atom is -0.323 e. The van der Waals surface area contributed by atoms with Crippen LogP contribution in [0.4, 0.5) is 0 Å². The number of rotatable bonds is 0. The van der Waals surface area contributed by atoms with Gasteiger partial charge in [0.1, 0.15) is 0 Å². The summed E-state index contributed by atoms with van der Waals surface area (Å²) in [5, 5.41) is 8.25. The molecule has 0 saturated heterocycles. The van der Waals surface area contributed by atoms with E-state index in [0.29, 0.717) is 0 Å². The van der Waals surface area contributed by atoms with E-state index in [4.69, 9.17) is 0 Å². The van der Waals surface area contributed by atoms with Gasteiger partial charge in [-0.25, -0.2) is 0 Å². The SMILES string of the molecule is CNC.CNC.CNC.[B]. The molecule has 0 spiro atoms. The molecular formula is C6H21BN3. The van der Waals surface area contributed by atoms with Crippen LogP contribution in [0.25, 0.3) is 0 Å². The van der Waals surface area contributed by atoms with Crippen LogP contribution in [0.3, 0.4) is 0 Å². The largest absolute Gasteiger partial charge is 0.323 e. The van der Waals surface area contributed by atoms with Crippen molar-refractivity contribution in [2.45, 2.75) is 0 Å². The lowest BCUT2D eigenvalue weighted by atomic mass is 10.8. The van der Waals surface area contributed by atoms with Gasteiger partial charge < -0.3 is 16.0 Å². The molecule has 10 heavy (non-hydrogen) atoms. The van der Waals surface area contributed by atoms with Crippen LogP contribution in [0.2, 0.25) is 0 Å². The van der Waals surface area contributed by atoms with E-state index in [1.807, 2.05) is 42.3 Å². The molecule has 0 aliphatic rings. The highest BCUT2D eigenvalue weighted by molar-refractivity contribution is 5.75. The Morgan fingerprint density at radius 2 is 0.500 bits per heavy atom. The molecule has 0 amide bonds. The van der Waals surface area contributed by atoms with Gasteiger partial charge in [0.05, 0.1) is 0 Å². The molecule has 0 aliphatic carbocycles. The Kier molecular flexibility index (Phi) is 147. The molecule has 63 valence electrons. The maximum Gasteiger partial charge on any atom is 0 e. The van der Waals surface area contributed by atoms with Gasteiger partial charge in [0.25, 0.3) is 0 Å². The van der Waals surface area contributed by atoms with Crippen molar-refractivity contribution in [2.24, 2.45) is 0 Å². The minimum absolute atomic E-state index is 0. The summed E-state index contributed by atoms with van der Waals surface area (Å²) in [7, 11) is 11.2. The van der Waals surface area contributed by atoms with E-state index in [1.54, 1.807) is 0 Å². The highest BCUT2D eigenvalue weighted by Gasteiger charge is 1.26. The van der Waals surface area contributed by atoms with Gasteiger partial charge in [0.15, 0.2) is 0 Å². The molecule has 0 fully saturated rings. The Morgan fingerprint density at radius 1 is 0.500 bits per heavy atom. The summed E-state index contributed by atoms with van der Waals surface area (Å²) >= 11 is 0. The first-order valence-electron chi connectivity index (χ1n) is 3.00. The number of hydrogen-bond acceptors (Lipinski definition) is 3. The van der Waals surface area contributed by atoms with Crippen molar-refractivity contribution in [2.75, 3.05) is 42.3 Å². The fourth-order valence-electron chi connectivity index (χ4n) is 0. The lowest BCUT2D eigenvalue weighted by Gasteiger charge is -1.59. The summed E-state index contributed by atoms with van der Waals surface area (Å²) in [6.45, 7) is 0. The molecule has 0 aromatic rings. The molecule has 0 heterocycles. The summed E-state index contributed by atoms with van der Waals surface area (Å²) in [6.07, 6.45) is 0. The first kappa shape index (κ1) is 22.5. The van der Waals surface area contributed by atoms with Gasteiger partial charge in [0.2, 0.25) is 0 Å².